The topological polar surface area (TPSA) is 159 Å². The number of rotatable bonds is 10. The van der Waals surface area contributed by atoms with Crippen LogP contribution in [0.5, 0.6) is 0 Å². The van der Waals surface area contributed by atoms with Gasteiger partial charge in [0.2, 0.25) is 5.91 Å². The van der Waals surface area contributed by atoms with E-state index in [0.717, 1.165) is 5.56 Å². The van der Waals surface area contributed by atoms with Crippen LogP contribution in [0.3, 0.4) is 0 Å². The molecule has 0 aliphatic heterocycles. The van der Waals surface area contributed by atoms with Crippen molar-refractivity contribution in [2.45, 2.75) is 38.8 Å². The molecule has 1 rings (SSSR count). The third-order valence-electron chi connectivity index (χ3n) is 3.85. The molecule has 0 radical (unpaired) electrons. The second-order valence-electron chi connectivity index (χ2n) is 6.43. The summed E-state index contributed by atoms with van der Waals surface area (Å²) < 4.78 is 0. The average molecular weight is 379 g/mol. The van der Waals surface area contributed by atoms with E-state index in [4.69, 9.17) is 15.9 Å². The molecule has 0 aromatic heterocycles. The van der Waals surface area contributed by atoms with Crippen LogP contribution >= 0.6 is 0 Å². The first-order chi connectivity index (χ1) is 12.6. The zero-order valence-corrected chi connectivity index (χ0v) is 15.3. The van der Waals surface area contributed by atoms with Crippen LogP contribution in [0.1, 0.15) is 36.2 Å². The molecule has 2 amide bonds. The highest BCUT2D eigenvalue weighted by atomic mass is 16.4. The minimum absolute atomic E-state index is 0.253. The monoisotopic (exact) mass is 379 g/mol. The first kappa shape index (κ1) is 22.1. The molecule has 0 bridgehead atoms. The maximum atomic E-state index is 12.4. The van der Waals surface area contributed by atoms with Gasteiger partial charge in [-0.1, -0.05) is 26.0 Å². The van der Waals surface area contributed by atoms with Gasteiger partial charge in [0, 0.05) is 5.56 Å². The van der Waals surface area contributed by atoms with Gasteiger partial charge in [-0.3, -0.25) is 14.4 Å². The molecule has 0 saturated heterocycles. The molecule has 0 saturated carbocycles. The van der Waals surface area contributed by atoms with Crippen molar-refractivity contribution >= 4 is 23.8 Å². The van der Waals surface area contributed by atoms with Crippen molar-refractivity contribution < 1.29 is 29.4 Å². The van der Waals surface area contributed by atoms with E-state index in [1.54, 1.807) is 32.0 Å². The van der Waals surface area contributed by atoms with Crippen LogP contribution in [0, 0.1) is 5.92 Å². The van der Waals surface area contributed by atoms with Crippen molar-refractivity contribution in [3.63, 3.8) is 0 Å². The van der Waals surface area contributed by atoms with Gasteiger partial charge in [-0.05, 0) is 36.6 Å². The number of hydrogen-bond donors (Lipinski definition) is 5. The van der Waals surface area contributed by atoms with Crippen molar-refractivity contribution in [1.29, 1.82) is 0 Å². The summed E-state index contributed by atoms with van der Waals surface area (Å²) >= 11 is 0. The lowest BCUT2D eigenvalue weighted by Gasteiger charge is -2.22. The van der Waals surface area contributed by atoms with Gasteiger partial charge in [0.1, 0.15) is 12.1 Å². The fraction of sp³-hybridized carbons (Fsp3) is 0.444. The minimum Gasteiger partial charge on any atom is -0.481 e. The zero-order chi connectivity index (χ0) is 20.6. The highest BCUT2D eigenvalue weighted by Crippen LogP contribution is 2.08. The van der Waals surface area contributed by atoms with Crippen LogP contribution in [0.4, 0.5) is 0 Å². The Morgan fingerprint density at radius 1 is 1.11 bits per heavy atom. The Labute approximate surface area is 156 Å². The molecule has 2 atom stereocenters. The van der Waals surface area contributed by atoms with E-state index in [0.29, 0.717) is 13.0 Å². The quantitative estimate of drug-likeness (QED) is 0.382. The summed E-state index contributed by atoms with van der Waals surface area (Å²) in [4.78, 5) is 47.1. The van der Waals surface area contributed by atoms with Crippen molar-refractivity contribution in [2.24, 2.45) is 11.7 Å². The number of nitrogens with two attached hydrogens (primary N) is 1. The summed E-state index contributed by atoms with van der Waals surface area (Å²) in [5, 5.41) is 22.8. The third kappa shape index (κ3) is 7.06. The van der Waals surface area contributed by atoms with E-state index in [2.05, 4.69) is 10.6 Å². The second-order valence-corrected chi connectivity index (χ2v) is 6.43. The molecule has 0 unspecified atom stereocenters. The Morgan fingerprint density at radius 3 is 2.30 bits per heavy atom. The number of carbonyl (C=O) groups is 4. The lowest BCUT2D eigenvalue weighted by Crippen LogP contribution is -2.53. The number of carboxylic acid groups (broad SMARTS) is 2. The number of aliphatic carboxylic acids is 2. The molecule has 148 valence electrons. The normalized spacial score (nSPS) is 12.9. The second kappa shape index (κ2) is 10.3. The van der Waals surface area contributed by atoms with Crippen molar-refractivity contribution in [3.05, 3.63) is 35.4 Å². The van der Waals surface area contributed by atoms with Crippen LogP contribution in [-0.2, 0) is 20.8 Å². The summed E-state index contributed by atoms with van der Waals surface area (Å²) in [7, 11) is 0. The van der Waals surface area contributed by atoms with E-state index in [9.17, 15) is 19.2 Å². The standard InChI is InChI=1S/C18H25N3O6/c1-10(2)15(18(26)27)21-17(25)13(9-14(22)23)20-16(24)12-5-3-4-11(8-12)6-7-19/h3-5,8,10,13,15H,6-7,9,19H2,1-2H3,(H,20,24)(H,21,25)(H,22,23)(H,26,27)/t13-,15-/m0/s1. The van der Waals surface area contributed by atoms with E-state index in [1.165, 1.54) is 6.07 Å². The summed E-state index contributed by atoms with van der Waals surface area (Å²) in [6.07, 6.45) is -0.112. The highest BCUT2D eigenvalue weighted by molar-refractivity contribution is 5.99. The molecule has 0 heterocycles. The minimum atomic E-state index is -1.41. The first-order valence-electron chi connectivity index (χ1n) is 8.50. The van der Waals surface area contributed by atoms with Crippen LogP contribution in [0.25, 0.3) is 0 Å². The number of hydrogen-bond acceptors (Lipinski definition) is 5. The van der Waals surface area contributed by atoms with Gasteiger partial charge >= 0.3 is 11.9 Å². The van der Waals surface area contributed by atoms with E-state index in [1.807, 2.05) is 0 Å². The predicted octanol–water partition coefficient (Wildman–Crippen LogP) is -0.0137. The third-order valence-corrected chi connectivity index (χ3v) is 3.85. The lowest BCUT2D eigenvalue weighted by molar-refractivity contribution is -0.144. The average Bonchev–Trinajstić information content (AvgIpc) is 2.58. The number of nitrogens with one attached hydrogen (secondary N) is 2. The summed E-state index contributed by atoms with van der Waals surface area (Å²) in [6, 6.07) is 3.98. The van der Waals surface area contributed by atoms with Gasteiger partial charge in [0.15, 0.2) is 0 Å². The van der Waals surface area contributed by atoms with Crippen molar-refractivity contribution in [2.75, 3.05) is 6.54 Å². The Kier molecular flexibility index (Phi) is 8.40. The molecule has 9 heteroatoms. The fourth-order valence-corrected chi connectivity index (χ4v) is 2.43. The Hall–Kier alpha value is -2.94. The number of amides is 2. The van der Waals surface area contributed by atoms with Crippen molar-refractivity contribution in [3.8, 4) is 0 Å². The van der Waals surface area contributed by atoms with Crippen LogP contribution in [0.15, 0.2) is 24.3 Å². The molecular weight excluding hydrogens is 354 g/mol. The van der Waals surface area contributed by atoms with E-state index < -0.39 is 48.2 Å². The largest absolute Gasteiger partial charge is 0.481 e. The van der Waals surface area contributed by atoms with Gasteiger partial charge < -0.3 is 26.6 Å². The Bertz CT molecular complexity index is 704. The highest BCUT2D eigenvalue weighted by Gasteiger charge is 2.30. The Morgan fingerprint density at radius 2 is 1.78 bits per heavy atom. The summed E-state index contributed by atoms with van der Waals surface area (Å²) in [6.45, 7) is 3.61. The summed E-state index contributed by atoms with van der Waals surface area (Å²) in [5.74, 6) is -4.46. The zero-order valence-electron chi connectivity index (χ0n) is 15.3. The SMILES string of the molecule is CC(C)[C@H](NC(=O)[C@H](CC(=O)O)NC(=O)c1cccc(CCN)c1)C(=O)O. The van der Waals surface area contributed by atoms with Gasteiger partial charge in [0.25, 0.3) is 5.91 Å². The van der Waals surface area contributed by atoms with E-state index >= 15 is 0 Å². The molecule has 6 N–H and O–H groups in total. The smallest absolute Gasteiger partial charge is 0.326 e. The first-order valence-corrected chi connectivity index (χ1v) is 8.50. The molecule has 0 aliphatic carbocycles. The van der Waals surface area contributed by atoms with Gasteiger partial charge in [0.05, 0.1) is 6.42 Å². The molecular formula is C18H25N3O6. The van der Waals surface area contributed by atoms with Crippen LogP contribution in [0.2, 0.25) is 0 Å². The number of benzene rings is 1. The van der Waals surface area contributed by atoms with Gasteiger partial charge in [-0.15, -0.1) is 0 Å². The maximum Gasteiger partial charge on any atom is 0.326 e. The lowest BCUT2D eigenvalue weighted by atomic mass is 10.0. The van der Waals surface area contributed by atoms with E-state index in [-0.39, 0.29) is 5.56 Å². The number of carbonyl (C=O) groups excluding carboxylic acids is 2. The predicted molar refractivity (Wildman–Crippen MR) is 97.1 cm³/mol. The molecule has 0 spiro atoms. The van der Waals surface area contributed by atoms with Gasteiger partial charge in [-0.25, -0.2) is 4.79 Å². The molecule has 1 aromatic rings. The molecule has 27 heavy (non-hydrogen) atoms. The maximum absolute atomic E-state index is 12.4. The van der Waals surface area contributed by atoms with Crippen LogP contribution < -0.4 is 16.4 Å². The molecule has 0 fully saturated rings. The molecule has 1 aromatic carbocycles. The van der Waals surface area contributed by atoms with Crippen LogP contribution in [-0.4, -0.2) is 52.6 Å². The van der Waals surface area contributed by atoms with Crippen molar-refractivity contribution in [1.82, 2.24) is 10.6 Å². The summed E-state index contributed by atoms with van der Waals surface area (Å²) in [5.41, 5.74) is 6.57. The fourth-order valence-electron chi connectivity index (χ4n) is 2.43. The molecule has 9 nitrogen and oxygen atoms in total. The number of carboxylic acids is 2. The Balaban J connectivity index is 2.94. The molecule has 0 aliphatic rings. The van der Waals surface area contributed by atoms with Gasteiger partial charge in [-0.2, -0.15) is 0 Å².